The second-order valence-electron chi connectivity index (χ2n) is 4.34. The molecular formula is C12H15BrN2O3S2. The minimum atomic E-state index is -3.28. The molecule has 0 radical (unpaired) electrons. The van der Waals surface area contributed by atoms with Crippen LogP contribution in [0.1, 0.15) is 17.4 Å². The predicted octanol–water partition coefficient (Wildman–Crippen LogP) is 1.79. The second kappa shape index (κ2) is 6.44. The van der Waals surface area contributed by atoms with Crippen LogP contribution in [0.5, 0.6) is 0 Å². The van der Waals surface area contributed by atoms with Gasteiger partial charge in [0.2, 0.25) is 0 Å². The van der Waals surface area contributed by atoms with E-state index in [-0.39, 0.29) is 17.4 Å². The van der Waals surface area contributed by atoms with Crippen LogP contribution in [-0.2, 0) is 9.84 Å². The van der Waals surface area contributed by atoms with Crippen LogP contribution in [0.3, 0.4) is 0 Å². The number of aromatic nitrogens is 1. The van der Waals surface area contributed by atoms with Crippen LogP contribution in [0.2, 0.25) is 0 Å². The average Bonchev–Trinajstić information content (AvgIpc) is 2.47. The molecule has 1 aliphatic heterocycles. The van der Waals surface area contributed by atoms with E-state index >= 15 is 0 Å². The zero-order valence-electron chi connectivity index (χ0n) is 11.0. The van der Waals surface area contributed by atoms with Crippen LogP contribution >= 0.6 is 27.7 Å². The number of carbonyl (C=O) groups is 1. The molecule has 5 nitrogen and oxygen atoms in total. The Kier molecular flexibility index (Phi) is 5.09. The summed E-state index contributed by atoms with van der Waals surface area (Å²) in [5.41, 5.74) is 0.274. The lowest BCUT2D eigenvalue weighted by Gasteiger charge is -2.34. The lowest BCUT2D eigenvalue weighted by atomic mass is 10.3. The Morgan fingerprint density at radius 3 is 2.90 bits per heavy atom. The van der Waals surface area contributed by atoms with Gasteiger partial charge in [-0.3, -0.25) is 4.79 Å². The first-order chi connectivity index (χ1) is 9.45. The highest BCUT2D eigenvalue weighted by molar-refractivity contribution is 9.10. The normalized spacial score (nSPS) is 19.9. The summed E-state index contributed by atoms with van der Waals surface area (Å²) in [6.07, 6.45) is 1.54. The van der Waals surface area contributed by atoms with E-state index in [9.17, 15) is 13.2 Å². The van der Waals surface area contributed by atoms with Crippen molar-refractivity contribution in [3.05, 3.63) is 28.5 Å². The van der Waals surface area contributed by atoms with Gasteiger partial charge in [0.05, 0.1) is 0 Å². The first-order valence-corrected chi connectivity index (χ1v) is 9.84. The smallest absolute Gasteiger partial charge is 0.273 e. The van der Waals surface area contributed by atoms with Crippen molar-refractivity contribution in [1.82, 2.24) is 9.88 Å². The van der Waals surface area contributed by atoms with Gasteiger partial charge >= 0.3 is 0 Å². The van der Waals surface area contributed by atoms with Gasteiger partial charge in [-0.1, -0.05) is 6.92 Å². The summed E-state index contributed by atoms with van der Waals surface area (Å²) >= 11 is 4.82. The van der Waals surface area contributed by atoms with Gasteiger partial charge in [0.1, 0.15) is 11.1 Å². The Morgan fingerprint density at radius 1 is 1.55 bits per heavy atom. The molecule has 1 unspecified atom stereocenters. The highest BCUT2D eigenvalue weighted by Crippen LogP contribution is 2.23. The molecule has 1 aromatic heterocycles. The van der Waals surface area contributed by atoms with Crippen LogP contribution in [0.25, 0.3) is 0 Å². The molecule has 1 saturated heterocycles. The van der Waals surface area contributed by atoms with Crippen LogP contribution in [-0.4, -0.2) is 53.4 Å². The summed E-state index contributed by atoms with van der Waals surface area (Å²) in [5.74, 6) is 0.895. The van der Waals surface area contributed by atoms with Crippen LogP contribution < -0.4 is 0 Å². The molecule has 20 heavy (non-hydrogen) atoms. The molecule has 8 heteroatoms. The van der Waals surface area contributed by atoms with Crippen molar-refractivity contribution in [3.8, 4) is 0 Å². The van der Waals surface area contributed by atoms with E-state index in [1.807, 2.05) is 0 Å². The highest BCUT2D eigenvalue weighted by atomic mass is 79.9. The summed E-state index contributed by atoms with van der Waals surface area (Å²) in [7, 11) is -3.28. The Bertz CT molecular complexity index is 589. The van der Waals surface area contributed by atoms with Crippen molar-refractivity contribution >= 4 is 43.4 Å². The molecule has 0 saturated carbocycles. The molecule has 0 aliphatic carbocycles. The van der Waals surface area contributed by atoms with Gasteiger partial charge in [-0.15, -0.1) is 0 Å². The van der Waals surface area contributed by atoms with Gasteiger partial charge in [-0.05, 0) is 28.1 Å². The standard InChI is InChI=1S/C12H15BrN2O3S2/c1-2-20(17,18)11-8-19-6-5-15(11)12(16)10-4-3-9(13)7-14-10/h3-4,7,11H,2,5-6,8H2,1H3. The molecule has 1 aliphatic rings. The number of amides is 1. The minimum Gasteiger partial charge on any atom is -0.319 e. The molecular weight excluding hydrogens is 364 g/mol. The van der Waals surface area contributed by atoms with E-state index in [1.165, 1.54) is 11.1 Å². The molecule has 1 atom stereocenters. The van der Waals surface area contributed by atoms with Gasteiger partial charge in [-0.2, -0.15) is 11.8 Å². The third-order valence-electron chi connectivity index (χ3n) is 3.11. The van der Waals surface area contributed by atoms with Gasteiger partial charge in [0.15, 0.2) is 9.84 Å². The molecule has 0 spiro atoms. The van der Waals surface area contributed by atoms with Gasteiger partial charge in [0.25, 0.3) is 5.91 Å². The molecule has 0 bridgehead atoms. The number of carbonyl (C=O) groups excluding carboxylic acids is 1. The zero-order chi connectivity index (χ0) is 14.8. The van der Waals surface area contributed by atoms with Crippen molar-refractivity contribution in [2.24, 2.45) is 0 Å². The second-order valence-corrected chi connectivity index (χ2v) is 8.85. The Labute approximate surface area is 131 Å². The van der Waals surface area contributed by atoms with E-state index in [1.54, 1.807) is 30.8 Å². The van der Waals surface area contributed by atoms with Crippen LogP contribution in [0.15, 0.2) is 22.8 Å². The van der Waals surface area contributed by atoms with Crippen molar-refractivity contribution in [2.75, 3.05) is 23.8 Å². The van der Waals surface area contributed by atoms with E-state index in [2.05, 4.69) is 20.9 Å². The minimum absolute atomic E-state index is 0.0375. The molecule has 0 aromatic carbocycles. The van der Waals surface area contributed by atoms with Crippen molar-refractivity contribution in [1.29, 1.82) is 0 Å². The SMILES string of the molecule is CCS(=O)(=O)C1CSCCN1C(=O)c1ccc(Br)cn1. The number of sulfone groups is 1. The topological polar surface area (TPSA) is 67.3 Å². The summed E-state index contributed by atoms with van der Waals surface area (Å²) in [6, 6.07) is 3.33. The fourth-order valence-electron chi connectivity index (χ4n) is 1.95. The Balaban J connectivity index is 2.28. The number of hydrogen-bond donors (Lipinski definition) is 0. The Hall–Kier alpha value is -0.600. The number of halogens is 1. The van der Waals surface area contributed by atoms with Crippen molar-refractivity contribution < 1.29 is 13.2 Å². The lowest BCUT2D eigenvalue weighted by molar-refractivity contribution is 0.0743. The predicted molar refractivity (Wildman–Crippen MR) is 83.5 cm³/mol. The average molecular weight is 379 g/mol. The quantitative estimate of drug-likeness (QED) is 0.801. The summed E-state index contributed by atoms with van der Waals surface area (Å²) in [4.78, 5) is 18.0. The summed E-state index contributed by atoms with van der Waals surface area (Å²) < 4.78 is 25.0. The molecule has 110 valence electrons. The summed E-state index contributed by atoms with van der Waals surface area (Å²) in [6.45, 7) is 2.04. The maximum absolute atomic E-state index is 12.5. The van der Waals surface area contributed by atoms with Crippen molar-refractivity contribution in [2.45, 2.75) is 12.3 Å². The molecule has 0 N–H and O–H groups in total. The van der Waals surface area contributed by atoms with Crippen LogP contribution in [0, 0.1) is 0 Å². The van der Waals surface area contributed by atoms with Gasteiger partial charge in [0, 0.05) is 34.5 Å². The largest absolute Gasteiger partial charge is 0.319 e. The third-order valence-corrected chi connectivity index (χ3v) is 6.87. The van der Waals surface area contributed by atoms with E-state index in [0.29, 0.717) is 12.3 Å². The van der Waals surface area contributed by atoms with Gasteiger partial charge in [-0.25, -0.2) is 13.4 Å². The first kappa shape index (κ1) is 15.8. The number of rotatable bonds is 3. The van der Waals surface area contributed by atoms with E-state index in [0.717, 1.165) is 10.2 Å². The highest BCUT2D eigenvalue weighted by Gasteiger charge is 2.36. The zero-order valence-corrected chi connectivity index (χ0v) is 14.2. The number of hydrogen-bond acceptors (Lipinski definition) is 5. The number of nitrogens with zero attached hydrogens (tertiary/aromatic N) is 2. The van der Waals surface area contributed by atoms with E-state index in [4.69, 9.17) is 0 Å². The monoisotopic (exact) mass is 378 g/mol. The van der Waals surface area contributed by atoms with Gasteiger partial charge < -0.3 is 4.90 Å². The fourth-order valence-corrected chi connectivity index (χ4v) is 5.15. The molecule has 1 fully saturated rings. The molecule has 1 amide bonds. The molecule has 2 heterocycles. The van der Waals surface area contributed by atoms with E-state index < -0.39 is 15.2 Å². The van der Waals surface area contributed by atoms with Crippen molar-refractivity contribution in [3.63, 3.8) is 0 Å². The first-order valence-electron chi connectivity index (χ1n) is 6.17. The number of pyridine rings is 1. The Morgan fingerprint density at radius 2 is 2.30 bits per heavy atom. The fraction of sp³-hybridized carbons (Fsp3) is 0.500. The molecule has 1 aromatic rings. The maximum Gasteiger partial charge on any atom is 0.273 e. The summed E-state index contributed by atoms with van der Waals surface area (Å²) in [5, 5.41) is -0.746. The number of thioether (sulfide) groups is 1. The lowest BCUT2D eigenvalue weighted by Crippen LogP contribution is -2.50. The molecule has 2 rings (SSSR count). The maximum atomic E-state index is 12.5. The van der Waals surface area contributed by atoms with Crippen LogP contribution in [0.4, 0.5) is 0 Å². The third kappa shape index (κ3) is 3.35.